The molecule has 0 unspecified atom stereocenters. The number of hydrogen-bond acceptors (Lipinski definition) is 3. The van der Waals surface area contributed by atoms with Crippen molar-refractivity contribution in [3.05, 3.63) is 51.4 Å². The molecule has 0 saturated carbocycles. The molecule has 112 valence electrons. The van der Waals surface area contributed by atoms with Crippen molar-refractivity contribution in [1.29, 1.82) is 0 Å². The molecule has 1 aliphatic carbocycles. The number of hydrogen-bond donors (Lipinski definition) is 1. The number of aromatic nitrogens is 4. The van der Waals surface area contributed by atoms with Gasteiger partial charge in [-0.1, -0.05) is 0 Å². The normalized spacial score (nSPS) is 14.3. The summed E-state index contributed by atoms with van der Waals surface area (Å²) in [6.45, 7) is 0. The van der Waals surface area contributed by atoms with Crippen molar-refractivity contribution in [3.8, 4) is 5.69 Å². The maximum Gasteiger partial charge on any atom is 0.299 e. The zero-order valence-corrected chi connectivity index (χ0v) is 11.6. The highest BCUT2D eigenvalue weighted by Gasteiger charge is 2.20. The summed E-state index contributed by atoms with van der Waals surface area (Å²) < 4.78 is 28.0. The first-order chi connectivity index (χ1) is 10.6. The standard InChI is InChI=1S/C15H12F2N4O/c16-8-5-6-12(10(17)7-8)21-15(22)14-13(20-21)9-3-1-2-4-11(9)18-19-14/h5-7,20H,1-4H2. The highest BCUT2D eigenvalue weighted by atomic mass is 19.1. The first-order valence-electron chi connectivity index (χ1n) is 7.10. The van der Waals surface area contributed by atoms with Crippen LogP contribution < -0.4 is 5.56 Å². The lowest BCUT2D eigenvalue weighted by Crippen LogP contribution is -2.16. The van der Waals surface area contributed by atoms with Gasteiger partial charge in [0.15, 0.2) is 11.3 Å². The van der Waals surface area contributed by atoms with Gasteiger partial charge in [-0.2, -0.15) is 5.10 Å². The Bertz CT molecular complexity index is 945. The van der Waals surface area contributed by atoms with Gasteiger partial charge in [0.05, 0.1) is 11.2 Å². The lowest BCUT2D eigenvalue weighted by atomic mass is 9.96. The molecule has 3 aromatic rings. The van der Waals surface area contributed by atoms with Gasteiger partial charge in [-0.25, -0.2) is 13.5 Å². The molecule has 0 atom stereocenters. The van der Waals surface area contributed by atoms with E-state index >= 15 is 0 Å². The molecule has 0 spiro atoms. The van der Waals surface area contributed by atoms with Gasteiger partial charge in [0.25, 0.3) is 5.56 Å². The second-order valence-corrected chi connectivity index (χ2v) is 5.40. The molecule has 0 radical (unpaired) electrons. The maximum atomic E-state index is 13.9. The molecule has 22 heavy (non-hydrogen) atoms. The Hall–Kier alpha value is -2.57. The Morgan fingerprint density at radius 2 is 1.95 bits per heavy atom. The summed E-state index contributed by atoms with van der Waals surface area (Å²) in [5.74, 6) is -1.50. The smallest absolute Gasteiger partial charge is 0.288 e. The van der Waals surface area contributed by atoms with Crippen molar-refractivity contribution in [2.75, 3.05) is 0 Å². The minimum Gasteiger partial charge on any atom is -0.288 e. The van der Waals surface area contributed by atoms with E-state index in [1.165, 1.54) is 6.07 Å². The van der Waals surface area contributed by atoms with Gasteiger partial charge in [0, 0.05) is 11.6 Å². The van der Waals surface area contributed by atoms with E-state index in [0.717, 1.165) is 53.8 Å². The molecule has 0 bridgehead atoms. The first-order valence-corrected chi connectivity index (χ1v) is 7.10. The van der Waals surface area contributed by atoms with E-state index < -0.39 is 17.2 Å². The van der Waals surface area contributed by atoms with Crippen LogP contribution in [-0.2, 0) is 12.8 Å². The molecular formula is C15H12F2N4O. The summed E-state index contributed by atoms with van der Waals surface area (Å²) in [6.07, 6.45) is 3.71. The van der Waals surface area contributed by atoms with E-state index in [1.54, 1.807) is 0 Å². The third kappa shape index (κ3) is 1.85. The van der Waals surface area contributed by atoms with Gasteiger partial charge in [-0.05, 0) is 37.8 Å². The molecule has 0 amide bonds. The number of nitrogens with one attached hydrogen (secondary N) is 1. The molecule has 5 nitrogen and oxygen atoms in total. The van der Waals surface area contributed by atoms with Crippen LogP contribution in [0.15, 0.2) is 23.0 Å². The number of nitrogens with zero attached hydrogens (tertiary/aromatic N) is 3. The molecule has 1 N–H and O–H groups in total. The Kier molecular flexibility index (Phi) is 2.82. The average Bonchev–Trinajstić information content (AvgIpc) is 2.85. The van der Waals surface area contributed by atoms with Crippen molar-refractivity contribution in [2.24, 2.45) is 0 Å². The van der Waals surface area contributed by atoms with E-state index in [0.29, 0.717) is 5.52 Å². The SMILES string of the molecule is O=c1c2nnc3c(c2[nH]n1-c1ccc(F)cc1F)CCCC3. The van der Waals surface area contributed by atoms with E-state index in [9.17, 15) is 13.6 Å². The topological polar surface area (TPSA) is 63.6 Å². The monoisotopic (exact) mass is 302 g/mol. The zero-order valence-electron chi connectivity index (χ0n) is 11.6. The molecule has 4 rings (SSSR count). The molecule has 2 heterocycles. The number of H-pyrrole nitrogens is 1. The maximum absolute atomic E-state index is 13.9. The third-order valence-electron chi connectivity index (χ3n) is 4.03. The Labute approximate surface area is 123 Å². The fourth-order valence-corrected chi connectivity index (χ4v) is 2.94. The minimum absolute atomic E-state index is 0.0334. The third-order valence-corrected chi connectivity index (χ3v) is 4.03. The first kappa shape index (κ1) is 13.1. The van der Waals surface area contributed by atoms with Crippen LogP contribution in [0.3, 0.4) is 0 Å². The number of fused-ring (bicyclic) bond motifs is 3. The van der Waals surface area contributed by atoms with Crippen molar-refractivity contribution in [3.63, 3.8) is 0 Å². The molecule has 0 aliphatic heterocycles. The molecule has 1 aliphatic rings. The lowest BCUT2D eigenvalue weighted by Gasteiger charge is -2.13. The minimum atomic E-state index is -0.810. The number of aromatic amines is 1. The summed E-state index contributed by atoms with van der Waals surface area (Å²) >= 11 is 0. The van der Waals surface area contributed by atoms with Crippen LogP contribution in [0, 0.1) is 11.6 Å². The van der Waals surface area contributed by atoms with Crippen LogP contribution >= 0.6 is 0 Å². The molecule has 2 aromatic heterocycles. The van der Waals surface area contributed by atoms with Gasteiger partial charge in [-0.3, -0.25) is 9.89 Å². The van der Waals surface area contributed by atoms with Crippen LogP contribution in [0.2, 0.25) is 0 Å². The number of halogens is 2. The van der Waals surface area contributed by atoms with Crippen LogP contribution in [0.1, 0.15) is 24.1 Å². The highest BCUT2D eigenvalue weighted by molar-refractivity contribution is 5.78. The second kappa shape index (κ2) is 4.72. The summed E-state index contributed by atoms with van der Waals surface area (Å²) in [6, 6.07) is 3.08. The Balaban J connectivity index is 2.00. The predicted octanol–water partition coefficient (Wildman–Crippen LogP) is 2.27. The van der Waals surface area contributed by atoms with Crippen LogP contribution in [0.5, 0.6) is 0 Å². The average molecular weight is 302 g/mol. The fourth-order valence-electron chi connectivity index (χ4n) is 2.94. The van der Waals surface area contributed by atoms with Crippen LogP contribution in [0.25, 0.3) is 16.7 Å². The van der Waals surface area contributed by atoms with Gasteiger partial charge >= 0.3 is 0 Å². The van der Waals surface area contributed by atoms with Gasteiger partial charge < -0.3 is 0 Å². The summed E-state index contributed by atoms with van der Waals surface area (Å²) in [4.78, 5) is 12.4. The van der Waals surface area contributed by atoms with Crippen LogP contribution in [-0.4, -0.2) is 20.0 Å². The summed E-state index contributed by atoms with van der Waals surface area (Å²) in [5, 5.41) is 11.0. The quantitative estimate of drug-likeness (QED) is 0.750. The van der Waals surface area contributed by atoms with Crippen molar-refractivity contribution in [2.45, 2.75) is 25.7 Å². The molecule has 7 heteroatoms. The van der Waals surface area contributed by atoms with E-state index in [1.807, 2.05) is 0 Å². The zero-order chi connectivity index (χ0) is 15.3. The fraction of sp³-hybridized carbons (Fsp3) is 0.267. The second-order valence-electron chi connectivity index (χ2n) is 5.40. The Morgan fingerprint density at radius 3 is 2.77 bits per heavy atom. The molecule has 0 saturated heterocycles. The number of rotatable bonds is 1. The summed E-state index contributed by atoms with van der Waals surface area (Å²) in [5.41, 5.74) is 2.11. The van der Waals surface area contributed by atoms with Gasteiger partial charge in [0.2, 0.25) is 0 Å². The predicted molar refractivity (Wildman–Crippen MR) is 76.0 cm³/mol. The van der Waals surface area contributed by atoms with Crippen LogP contribution in [0.4, 0.5) is 8.78 Å². The van der Waals surface area contributed by atoms with Crippen molar-refractivity contribution < 1.29 is 8.78 Å². The van der Waals surface area contributed by atoms with Crippen molar-refractivity contribution in [1.82, 2.24) is 20.0 Å². The largest absolute Gasteiger partial charge is 0.299 e. The van der Waals surface area contributed by atoms with E-state index in [-0.39, 0.29) is 11.2 Å². The van der Waals surface area contributed by atoms with E-state index in [4.69, 9.17) is 0 Å². The number of benzene rings is 1. The number of aryl methyl sites for hydroxylation is 2. The summed E-state index contributed by atoms with van der Waals surface area (Å²) in [7, 11) is 0. The van der Waals surface area contributed by atoms with Gasteiger partial charge in [0.1, 0.15) is 11.5 Å². The lowest BCUT2D eigenvalue weighted by molar-refractivity contribution is 0.572. The van der Waals surface area contributed by atoms with E-state index in [2.05, 4.69) is 15.3 Å². The molecular weight excluding hydrogens is 290 g/mol. The van der Waals surface area contributed by atoms with Gasteiger partial charge in [-0.15, -0.1) is 5.10 Å². The molecule has 1 aromatic carbocycles. The van der Waals surface area contributed by atoms with Crippen molar-refractivity contribution >= 4 is 11.0 Å². The Morgan fingerprint density at radius 1 is 1.14 bits per heavy atom. The molecule has 0 fully saturated rings. The highest BCUT2D eigenvalue weighted by Crippen LogP contribution is 2.24.